The van der Waals surface area contributed by atoms with Gasteiger partial charge in [-0.25, -0.2) is 9.59 Å². The lowest BCUT2D eigenvalue weighted by molar-refractivity contribution is -0.0408. The number of aromatic nitrogens is 2. The number of nitrogens with one attached hydrogen (secondary N) is 1. The first-order chi connectivity index (χ1) is 29.5. The predicted octanol–water partition coefficient (Wildman–Crippen LogP) is 3.86. The molecule has 2 aliphatic rings. The zero-order valence-corrected chi connectivity index (χ0v) is 33.7. The molecular weight excluding hydrogens is 783 g/mol. The van der Waals surface area contributed by atoms with Gasteiger partial charge in [-0.3, -0.25) is 14.3 Å². The molecule has 320 valence electrons. The van der Waals surface area contributed by atoms with Crippen LogP contribution in [0.1, 0.15) is 51.6 Å². The monoisotopic (exact) mass is 833 g/mol. The molecule has 16 nitrogen and oxygen atoms in total. The molecule has 0 bridgehead atoms. The van der Waals surface area contributed by atoms with Crippen molar-refractivity contribution in [1.29, 1.82) is 0 Å². The minimum atomic E-state index is -1.21. The van der Waals surface area contributed by atoms with Gasteiger partial charge in [0, 0.05) is 36.2 Å². The highest BCUT2D eigenvalue weighted by Crippen LogP contribution is 2.31. The summed E-state index contributed by atoms with van der Waals surface area (Å²) in [5.41, 5.74) is 12.9. The van der Waals surface area contributed by atoms with E-state index in [4.69, 9.17) is 15.4 Å². The van der Waals surface area contributed by atoms with Gasteiger partial charge < -0.3 is 40.1 Å². The first-order valence-corrected chi connectivity index (χ1v) is 20.0. The summed E-state index contributed by atoms with van der Waals surface area (Å²) in [6.07, 6.45) is -1.34. The SMILES string of the molecule is Cc1cn([C@H]2C[C@H](N=[N+]=[N-])[C@@H](CO)O2)c(=O)[nH]c1=O.O=C1N(Cc2ccc(CO)cc2)[C@H](Cc2ccccc2)[C@H](O)[C@@H](O)[C@@H](Cc2ccccc2)N1Cc1ccc(CO)cc1. The van der Waals surface area contributed by atoms with Crippen molar-refractivity contribution in [1.82, 2.24) is 19.4 Å². The number of carbonyl (C=O) groups excluding carboxylic acids is 1. The summed E-state index contributed by atoms with van der Waals surface area (Å²) in [6, 6.07) is 32.0. The van der Waals surface area contributed by atoms with Gasteiger partial charge in [-0.2, -0.15) is 0 Å². The summed E-state index contributed by atoms with van der Waals surface area (Å²) in [5.74, 6) is 0. The second-order valence-electron chi connectivity index (χ2n) is 15.3. The number of aliphatic hydroxyl groups is 5. The first kappa shape index (κ1) is 44.5. The average molecular weight is 834 g/mol. The number of aromatic amines is 1. The average Bonchev–Trinajstić information content (AvgIpc) is 3.68. The fourth-order valence-electron chi connectivity index (χ4n) is 7.75. The smallest absolute Gasteiger partial charge is 0.330 e. The number of nitrogens with zero attached hydrogens (tertiary/aromatic N) is 6. The quantitative estimate of drug-likeness (QED) is 0.0573. The maximum atomic E-state index is 14.6. The van der Waals surface area contributed by atoms with E-state index in [0.29, 0.717) is 18.4 Å². The Bertz CT molecular complexity index is 2250. The number of aliphatic hydroxyl groups excluding tert-OH is 5. The van der Waals surface area contributed by atoms with Gasteiger partial charge >= 0.3 is 11.7 Å². The van der Waals surface area contributed by atoms with Crippen molar-refractivity contribution >= 4 is 6.03 Å². The molecule has 0 unspecified atom stereocenters. The normalized spacial score (nSPS) is 22.5. The van der Waals surface area contributed by atoms with Gasteiger partial charge in [0.25, 0.3) is 5.56 Å². The number of aryl methyl sites for hydroxylation is 1. The molecule has 7 rings (SSSR count). The van der Waals surface area contributed by atoms with Crippen LogP contribution in [0.3, 0.4) is 0 Å². The van der Waals surface area contributed by atoms with Crippen molar-refractivity contribution in [2.75, 3.05) is 6.61 Å². The van der Waals surface area contributed by atoms with Gasteiger partial charge in [0.15, 0.2) is 0 Å². The largest absolute Gasteiger partial charge is 0.394 e. The van der Waals surface area contributed by atoms with E-state index in [1.165, 1.54) is 10.8 Å². The molecule has 4 aromatic carbocycles. The van der Waals surface area contributed by atoms with E-state index in [1.54, 1.807) is 16.7 Å². The third kappa shape index (κ3) is 11.0. The third-order valence-corrected chi connectivity index (χ3v) is 11.2. The van der Waals surface area contributed by atoms with Crippen molar-refractivity contribution in [2.24, 2.45) is 5.11 Å². The number of carbonyl (C=O) groups is 1. The first-order valence-electron chi connectivity index (χ1n) is 20.0. The standard InChI is InChI=1S/C35H38N2O5.C10H13N5O4/c38-23-29-15-11-27(12-16-29)21-36-31(19-25-7-3-1-4-8-25)33(40)34(41)32(20-26-9-5-2-6-10-26)37(35(36)42)22-28-13-17-30(24-39)18-14-28;1-5-3-15(10(18)12-9(5)17)8-2-6(13-14-11)7(4-16)19-8/h1-18,31-34,38-41H,19-24H2;3,6-8,16H,2,4H2,1H3,(H,12,17,18)/t31-,32-,33+,34+;6-,7+,8+/m10/s1. The number of ether oxygens (including phenoxy) is 1. The fraction of sp³-hybridized carbons (Fsp3) is 0.356. The van der Waals surface area contributed by atoms with Crippen LogP contribution >= 0.6 is 0 Å². The van der Waals surface area contributed by atoms with Crippen molar-refractivity contribution in [3.8, 4) is 0 Å². The van der Waals surface area contributed by atoms with E-state index < -0.39 is 53.9 Å². The van der Waals surface area contributed by atoms with Gasteiger partial charge in [-0.05, 0) is 58.7 Å². The summed E-state index contributed by atoms with van der Waals surface area (Å²) < 4.78 is 6.69. The molecule has 2 aliphatic heterocycles. The Kier molecular flexibility index (Phi) is 15.2. The number of rotatable bonds is 13. The Morgan fingerprint density at radius 1 is 0.705 bits per heavy atom. The van der Waals surface area contributed by atoms with Crippen LogP contribution in [0, 0.1) is 6.92 Å². The van der Waals surface area contributed by atoms with Crippen LogP contribution in [0.15, 0.2) is 130 Å². The van der Waals surface area contributed by atoms with Crippen LogP contribution in [0.2, 0.25) is 0 Å². The highest BCUT2D eigenvalue weighted by Gasteiger charge is 2.46. The molecule has 61 heavy (non-hydrogen) atoms. The molecular formula is C45H51N7O9. The molecule has 0 saturated carbocycles. The summed E-state index contributed by atoms with van der Waals surface area (Å²) in [5, 5.41) is 55.3. The molecule has 0 spiro atoms. The molecule has 16 heteroatoms. The lowest BCUT2D eigenvalue weighted by atomic mass is 9.91. The van der Waals surface area contributed by atoms with E-state index in [9.17, 15) is 34.8 Å². The number of azide groups is 1. The number of H-pyrrole nitrogens is 1. The maximum Gasteiger partial charge on any atom is 0.330 e. The van der Waals surface area contributed by atoms with Crippen molar-refractivity contribution in [2.45, 2.75) is 95.2 Å². The molecule has 2 saturated heterocycles. The molecule has 1 aromatic heterocycles. The minimum absolute atomic E-state index is 0.0749. The second kappa shape index (κ2) is 20.9. The number of urea groups is 1. The highest BCUT2D eigenvalue weighted by molar-refractivity contribution is 5.76. The lowest BCUT2D eigenvalue weighted by Crippen LogP contribution is -2.50. The zero-order chi connectivity index (χ0) is 43.5. The van der Waals surface area contributed by atoms with E-state index in [1.807, 2.05) is 109 Å². The minimum Gasteiger partial charge on any atom is -0.394 e. The van der Waals surface area contributed by atoms with E-state index >= 15 is 0 Å². The molecule has 0 radical (unpaired) electrons. The number of hydrogen-bond donors (Lipinski definition) is 6. The second-order valence-corrected chi connectivity index (χ2v) is 15.3. The van der Waals surface area contributed by atoms with Crippen molar-refractivity contribution < 1.29 is 35.1 Å². The Morgan fingerprint density at radius 2 is 1.16 bits per heavy atom. The predicted molar refractivity (Wildman–Crippen MR) is 226 cm³/mol. The fourth-order valence-corrected chi connectivity index (χ4v) is 7.75. The van der Waals surface area contributed by atoms with Gasteiger partial charge in [0.05, 0.1) is 44.1 Å². The van der Waals surface area contributed by atoms with E-state index in [2.05, 4.69) is 15.0 Å². The highest BCUT2D eigenvalue weighted by atomic mass is 16.5. The molecule has 2 amide bonds. The van der Waals surface area contributed by atoms with Crippen molar-refractivity contribution in [3.63, 3.8) is 0 Å². The molecule has 7 atom stereocenters. The maximum absolute atomic E-state index is 14.6. The zero-order valence-electron chi connectivity index (χ0n) is 33.7. The van der Waals surface area contributed by atoms with Crippen LogP contribution in [0.5, 0.6) is 0 Å². The van der Waals surface area contributed by atoms with E-state index in [-0.39, 0.29) is 45.4 Å². The molecule has 2 fully saturated rings. The number of benzene rings is 4. The summed E-state index contributed by atoms with van der Waals surface area (Å²) >= 11 is 0. The number of hydrogen-bond acceptors (Lipinski definition) is 10. The van der Waals surface area contributed by atoms with Gasteiger partial charge in [0.2, 0.25) is 0 Å². The molecule has 6 N–H and O–H groups in total. The van der Waals surface area contributed by atoms with Gasteiger partial charge in [-0.15, -0.1) is 0 Å². The van der Waals surface area contributed by atoms with E-state index in [0.717, 1.165) is 33.4 Å². The summed E-state index contributed by atoms with van der Waals surface area (Å²) in [7, 11) is 0. The van der Waals surface area contributed by atoms with Gasteiger partial charge in [-0.1, -0.05) is 114 Å². The lowest BCUT2D eigenvalue weighted by Gasteiger charge is -2.36. The molecule has 3 heterocycles. The topological polar surface area (TPSA) is 238 Å². The number of amides is 2. The van der Waals surface area contributed by atoms with Crippen LogP contribution < -0.4 is 11.2 Å². The summed E-state index contributed by atoms with van der Waals surface area (Å²) in [4.78, 5) is 45.8. The van der Waals surface area contributed by atoms with Crippen LogP contribution in [0.25, 0.3) is 10.4 Å². The summed E-state index contributed by atoms with van der Waals surface area (Å²) in [6.45, 7) is 1.56. The third-order valence-electron chi connectivity index (χ3n) is 11.2. The Hall–Kier alpha value is -6.10. The van der Waals surface area contributed by atoms with Crippen LogP contribution in [-0.2, 0) is 43.9 Å². The van der Waals surface area contributed by atoms with Crippen LogP contribution in [-0.4, -0.2) is 94.0 Å². The molecule has 0 aliphatic carbocycles. The Balaban J connectivity index is 0.000000273. The molecule has 5 aromatic rings. The van der Waals surface area contributed by atoms with Gasteiger partial charge in [0.1, 0.15) is 18.4 Å². The van der Waals surface area contributed by atoms with Crippen molar-refractivity contribution in [3.05, 3.63) is 186 Å². The Morgan fingerprint density at radius 3 is 1.59 bits per heavy atom. The van der Waals surface area contributed by atoms with Crippen LogP contribution in [0.4, 0.5) is 4.79 Å². The Labute approximate surface area is 352 Å².